The van der Waals surface area contributed by atoms with E-state index in [1.165, 1.54) is 13.1 Å². The van der Waals surface area contributed by atoms with Gasteiger partial charge in [0.2, 0.25) is 0 Å². The Balaban J connectivity index is 2.60. The second-order valence-electron chi connectivity index (χ2n) is 3.38. The molecule has 0 unspecified atom stereocenters. The van der Waals surface area contributed by atoms with Gasteiger partial charge in [-0.15, -0.1) is 0 Å². The summed E-state index contributed by atoms with van der Waals surface area (Å²) in [4.78, 5) is 10.5. The van der Waals surface area contributed by atoms with Gasteiger partial charge in [-0.25, -0.2) is 0 Å². The molecule has 0 bridgehead atoms. The first kappa shape index (κ1) is 13.9. The van der Waals surface area contributed by atoms with Crippen molar-refractivity contribution < 1.29 is 14.6 Å². The molecule has 0 spiro atoms. The minimum absolute atomic E-state index is 0.0778. The first-order valence-electron chi connectivity index (χ1n) is 5.05. The lowest BCUT2D eigenvalue weighted by Crippen LogP contribution is -2.37. The largest absolute Gasteiger partial charge is 0.546 e. The second-order valence-corrected chi connectivity index (χ2v) is 3.82. The van der Waals surface area contributed by atoms with E-state index in [0.29, 0.717) is 5.75 Å². The van der Waals surface area contributed by atoms with Crippen LogP contribution < -0.4 is 21.0 Å². The molecule has 0 amide bonds. The molecule has 1 aromatic rings. The Morgan fingerprint density at radius 2 is 2.17 bits per heavy atom. The average molecular weight is 266 g/mol. The molecule has 0 aromatic heterocycles. The normalized spacial score (nSPS) is 12.1. The van der Waals surface area contributed by atoms with Crippen LogP contribution in [0, 0.1) is 0 Å². The minimum Gasteiger partial charge on any atom is -0.546 e. The third kappa shape index (κ3) is 4.79. The highest BCUT2D eigenvalue weighted by atomic mass is 32.1. The van der Waals surface area contributed by atoms with Crippen molar-refractivity contribution in [2.45, 2.75) is 13.0 Å². The molecule has 1 aromatic carbocycles. The molecule has 96 valence electrons. The number of nitrogens with one attached hydrogen (secondary N) is 1. The van der Waals surface area contributed by atoms with Gasteiger partial charge in [-0.1, -0.05) is 0 Å². The zero-order valence-electron chi connectivity index (χ0n) is 9.62. The van der Waals surface area contributed by atoms with E-state index in [-0.39, 0.29) is 5.11 Å². The molecule has 0 saturated heterocycles. The topological polar surface area (TPSA) is 99.8 Å². The summed E-state index contributed by atoms with van der Waals surface area (Å²) in [5, 5.41) is 14.3. The summed E-state index contributed by atoms with van der Waals surface area (Å²) >= 11 is 4.57. The lowest BCUT2D eigenvalue weighted by molar-refractivity contribution is -0.312. The fourth-order valence-electron chi connectivity index (χ4n) is 1.06. The van der Waals surface area contributed by atoms with Crippen molar-refractivity contribution in [3.8, 4) is 5.75 Å². The van der Waals surface area contributed by atoms with Gasteiger partial charge in [-0.2, -0.15) is 5.10 Å². The van der Waals surface area contributed by atoms with E-state index in [1.54, 1.807) is 24.3 Å². The number of hydrogen-bond acceptors (Lipinski definition) is 5. The summed E-state index contributed by atoms with van der Waals surface area (Å²) < 4.78 is 5.11. The van der Waals surface area contributed by atoms with Crippen molar-refractivity contribution in [2.24, 2.45) is 10.8 Å². The van der Waals surface area contributed by atoms with Crippen LogP contribution in [-0.2, 0) is 4.79 Å². The number of ether oxygens (including phenoxy) is 1. The fraction of sp³-hybridized carbons (Fsp3) is 0.182. The molecule has 18 heavy (non-hydrogen) atoms. The number of aliphatic carboxylic acids is 1. The lowest BCUT2D eigenvalue weighted by atomic mass is 10.2. The highest BCUT2D eigenvalue weighted by Gasteiger charge is 2.03. The van der Waals surface area contributed by atoms with Crippen LogP contribution in [0.2, 0.25) is 0 Å². The Hall–Kier alpha value is -2.15. The Morgan fingerprint density at radius 3 is 2.67 bits per heavy atom. The van der Waals surface area contributed by atoms with E-state index < -0.39 is 12.1 Å². The molecule has 7 heteroatoms. The van der Waals surface area contributed by atoms with E-state index in [0.717, 1.165) is 5.56 Å². The number of hydrazone groups is 1. The number of rotatable bonds is 5. The molecular formula is C11H12N3O3S-. The van der Waals surface area contributed by atoms with Gasteiger partial charge in [0.15, 0.2) is 5.11 Å². The fourth-order valence-corrected chi connectivity index (χ4v) is 1.11. The zero-order chi connectivity index (χ0) is 13.5. The first-order valence-corrected chi connectivity index (χ1v) is 5.46. The van der Waals surface area contributed by atoms with Crippen LogP contribution >= 0.6 is 12.2 Å². The Bertz CT molecular complexity index is 459. The van der Waals surface area contributed by atoms with Crippen LogP contribution in [0.15, 0.2) is 29.4 Å². The zero-order valence-corrected chi connectivity index (χ0v) is 10.4. The van der Waals surface area contributed by atoms with Crippen LogP contribution in [0.1, 0.15) is 12.5 Å². The van der Waals surface area contributed by atoms with Gasteiger partial charge in [-0.3, -0.25) is 5.43 Å². The summed E-state index contributed by atoms with van der Waals surface area (Å²) in [6.45, 7) is 1.40. The predicted octanol–water partition coefficient (Wildman–Crippen LogP) is -0.629. The van der Waals surface area contributed by atoms with Gasteiger partial charge in [0, 0.05) is 0 Å². The number of carbonyl (C=O) groups excluding carboxylic acids is 1. The number of carboxylic acids is 1. The number of carboxylic acid groups (broad SMARTS) is 1. The van der Waals surface area contributed by atoms with E-state index in [9.17, 15) is 9.90 Å². The number of nitrogens with two attached hydrogens (primary N) is 1. The molecule has 0 saturated carbocycles. The number of hydrogen-bond donors (Lipinski definition) is 2. The number of thiocarbonyl (C=S) groups is 1. The lowest BCUT2D eigenvalue weighted by Gasteiger charge is -2.15. The van der Waals surface area contributed by atoms with Crippen LogP contribution in [0.5, 0.6) is 5.75 Å². The van der Waals surface area contributed by atoms with Crippen LogP contribution in [0.3, 0.4) is 0 Å². The SMILES string of the molecule is C[C@@H](Oc1ccc(C=NNC(N)=S)cc1)C(=O)[O-]. The maximum atomic E-state index is 10.5. The third-order valence-corrected chi connectivity index (χ3v) is 2.00. The second kappa shape index (κ2) is 6.55. The Morgan fingerprint density at radius 1 is 1.56 bits per heavy atom. The molecule has 1 rings (SSSR count). The molecule has 6 nitrogen and oxygen atoms in total. The number of benzene rings is 1. The standard InChI is InChI=1S/C11H13N3O3S/c1-7(10(15)16)17-9-4-2-8(3-5-9)6-13-14-11(12)18/h2-7H,1H3,(H,15,16)(H3,12,14,18)/p-1/t7-/m1/s1. The summed E-state index contributed by atoms with van der Waals surface area (Å²) in [6.07, 6.45) is 0.520. The maximum Gasteiger partial charge on any atom is 0.184 e. The quantitative estimate of drug-likeness (QED) is 0.418. The van der Waals surface area contributed by atoms with E-state index >= 15 is 0 Å². The van der Waals surface area contributed by atoms with Crippen molar-refractivity contribution >= 4 is 29.5 Å². The van der Waals surface area contributed by atoms with E-state index in [1.807, 2.05) is 0 Å². The summed E-state index contributed by atoms with van der Waals surface area (Å²) in [6, 6.07) is 6.67. The van der Waals surface area contributed by atoms with Crippen molar-refractivity contribution in [1.29, 1.82) is 0 Å². The monoisotopic (exact) mass is 266 g/mol. The number of carbonyl (C=O) groups is 1. The summed E-state index contributed by atoms with van der Waals surface area (Å²) in [7, 11) is 0. The van der Waals surface area contributed by atoms with Gasteiger partial charge in [-0.05, 0) is 49.0 Å². The highest BCUT2D eigenvalue weighted by Crippen LogP contribution is 2.12. The van der Waals surface area contributed by atoms with Crippen molar-refractivity contribution in [2.75, 3.05) is 0 Å². The Labute approximate surface area is 109 Å². The molecular weight excluding hydrogens is 254 g/mol. The predicted molar refractivity (Wildman–Crippen MR) is 69.1 cm³/mol. The molecule has 0 aliphatic carbocycles. The van der Waals surface area contributed by atoms with Crippen molar-refractivity contribution in [1.82, 2.24) is 5.43 Å². The Kier molecular flexibility index (Phi) is 5.06. The third-order valence-electron chi connectivity index (χ3n) is 1.91. The minimum atomic E-state index is -1.26. The smallest absolute Gasteiger partial charge is 0.184 e. The first-order chi connectivity index (χ1) is 8.49. The summed E-state index contributed by atoms with van der Waals surface area (Å²) in [5.41, 5.74) is 8.39. The van der Waals surface area contributed by atoms with E-state index in [2.05, 4.69) is 22.7 Å². The molecule has 0 fully saturated rings. The molecule has 0 aliphatic rings. The van der Waals surface area contributed by atoms with Gasteiger partial charge in [0.25, 0.3) is 0 Å². The van der Waals surface area contributed by atoms with Crippen molar-refractivity contribution in [3.05, 3.63) is 29.8 Å². The number of nitrogens with zero attached hydrogens (tertiary/aromatic N) is 1. The molecule has 0 aliphatic heterocycles. The van der Waals surface area contributed by atoms with Gasteiger partial charge in [0.1, 0.15) is 11.9 Å². The highest BCUT2D eigenvalue weighted by molar-refractivity contribution is 7.80. The van der Waals surface area contributed by atoms with Crippen LogP contribution in [-0.4, -0.2) is 23.4 Å². The van der Waals surface area contributed by atoms with E-state index in [4.69, 9.17) is 10.5 Å². The van der Waals surface area contributed by atoms with Crippen molar-refractivity contribution in [3.63, 3.8) is 0 Å². The summed E-state index contributed by atoms with van der Waals surface area (Å²) in [5.74, 6) is -0.826. The molecule has 0 radical (unpaired) electrons. The van der Waals surface area contributed by atoms with Crippen LogP contribution in [0.4, 0.5) is 0 Å². The maximum absolute atomic E-state index is 10.5. The van der Waals surface area contributed by atoms with Gasteiger partial charge in [0.05, 0.1) is 12.2 Å². The molecule has 0 heterocycles. The molecule has 3 N–H and O–H groups in total. The van der Waals surface area contributed by atoms with Gasteiger partial charge < -0.3 is 20.4 Å². The molecule has 1 atom stereocenters. The average Bonchev–Trinajstić information content (AvgIpc) is 2.30. The van der Waals surface area contributed by atoms with Crippen LogP contribution in [0.25, 0.3) is 0 Å². The van der Waals surface area contributed by atoms with Gasteiger partial charge >= 0.3 is 0 Å².